The summed E-state index contributed by atoms with van der Waals surface area (Å²) in [6, 6.07) is 0.615. The Bertz CT molecular complexity index is 578. The summed E-state index contributed by atoms with van der Waals surface area (Å²) >= 11 is 1.77. The van der Waals surface area contributed by atoms with Gasteiger partial charge in [-0.25, -0.2) is 4.98 Å². The quantitative estimate of drug-likeness (QED) is 0.712. The molecule has 3 aliphatic rings. The van der Waals surface area contributed by atoms with Gasteiger partial charge in [0.15, 0.2) is 0 Å². The van der Waals surface area contributed by atoms with Crippen molar-refractivity contribution in [3.63, 3.8) is 0 Å². The van der Waals surface area contributed by atoms with Gasteiger partial charge in [-0.2, -0.15) is 0 Å². The summed E-state index contributed by atoms with van der Waals surface area (Å²) in [7, 11) is 0. The highest BCUT2D eigenvalue weighted by atomic mass is 35.5. The number of fused-ring (bicyclic) bond motifs is 1. The molecule has 3 fully saturated rings. The number of nitrogens with one attached hydrogen (secondary N) is 2. The summed E-state index contributed by atoms with van der Waals surface area (Å²) in [6.07, 6.45) is 13.8. The van der Waals surface area contributed by atoms with Crippen molar-refractivity contribution >= 4 is 42.1 Å². The van der Waals surface area contributed by atoms with Crippen molar-refractivity contribution in [2.75, 3.05) is 6.54 Å². The van der Waals surface area contributed by atoms with Crippen molar-refractivity contribution < 1.29 is 4.79 Å². The van der Waals surface area contributed by atoms with Gasteiger partial charge in [-0.3, -0.25) is 4.79 Å². The van der Waals surface area contributed by atoms with Crippen molar-refractivity contribution in [3.8, 4) is 0 Å². The summed E-state index contributed by atoms with van der Waals surface area (Å²) in [6.45, 7) is 0.712. The van der Waals surface area contributed by atoms with Gasteiger partial charge in [-0.15, -0.1) is 36.2 Å². The van der Waals surface area contributed by atoms with E-state index in [0.717, 1.165) is 18.8 Å². The standard InChI is InChI=1S/C20H31N3OS.2ClH/c24-20(17-12-15-8-4-5-9-16(15)22-17)21-11-10-19-23-18(13-25-19)14-6-2-1-3-7-14;;/h13-17,22H,1-12H2,(H,21,24);2*1H. The van der Waals surface area contributed by atoms with Gasteiger partial charge in [-0.05, 0) is 38.0 Å². The Balaban J connectivity index is 0.00000131. The van der Waals surface area contributed by atoms with Gasteiger partial charge in [0, 0.05) is 30.3 Å². The van der Waals surface area contributed by atoms with Crippen LogP contribution < -0.4 is 10.6 Å². The van der Waals surface area contributed by atoms with Crippen LogP contribution in [0.1, 0.15) is 80.8 Å². The lowest BCUT2D eigenvalue weighted by Gasteiger charge is -2.24. The maximum atomic E-state index is 12.4. The molecular weight excluding hydrogens is 401 g/mol. The molecule has 3 atom stereocenters. The molecule has 1 aliphatic heterocycles. The fourth-order valence-electron chi connectivity index (χ4n) is 4.96. The Labute approximate surface area is 179 Å². The highest BCUT2D eigenvalue weighted by Crippen LogP contribution is 2.34. The minimum absolute atomic E-state index is 0. The summed E-state index contributed by atoms with van der Waals surface area (Å²) < 4.78 is 0. The number of carbonyl (C=O) groups is 1. The van der Waals surface area contributed by atoms with Crippen LogP contribution in [-0.2, 0) is 11.2 Å². The number of rotatable bonds is 5. The Kier molecular flexibility index (Phi) is 9.33. The fourth-order valence-corrected chi connectivity index (χ4v) is 5.84. The van der Waals surface area contributed by atoms with Gasteiger partial charge in [0.25, 0.3) is 0 Å². The SMILES string of the molecule is Cl.Cl.O=C(NCCc1nc(C2CCCCC2)cs1)C1CC2CCCCC2N1. The van der Waals surface area contributed by atoms with E-state index in [2.05, 4.69) is 16.0 Å². The zero-order chi connectivity index (χ0) is 17.1. The number of hydrogen-bond acceptors (Lipinski definition) is 4. The topological polar surface area (TPSA) is 54.0 Å². The summed E-state index contributed by atoms with van der Waals surface area (Å²) in [5.41, 5.74) is 1.30. The van der Waals surface area contributed by atoms with Crippen LogP contribution in [0.2, 0.25) is 0 Å². The van der Waals surface area contributed by atoms with Crippen LogP contribution in [0.5, 0.6) is 0 Å². The van der Waals surface area contributed by atoms with E-state index < -0.39 is 0 Å². The molecule has 0 radical (unpaired) electrons. The lowest BCUT2D eigenvalue weighted by molar-refractivity contribution is -0.122. The van der Waals surface area contributed by atoms with Gasteiger partial charge in [0.2, 0.25) is 5.91 Å². The largest absolute Gasteiger partial charge is 0.354 e. The molecule has 1 amide bonds. The molecule has 2 heterocycles. The normalized spacial score (nSPS) is 27.9. The molecule has 2 saturated carbocycles. The van der Waals surface area contributed by atoms with Gasteiger partial charge in [0.1, 0.15) is 0 Å². The van der Waals surface area contributed by atoms with Crippen molar-refractivity contribution in [1.29, 1.82) is 0 Å². The summed E-state index contributed by atoms with van der Waals surface area (Å²) in [5, 5.41) is 10.1. The lowest BCUT2D eigenvalue weighted by Crippen LogP contribution is -2.43. The Morgan fingerprint density at radius 1 is 1.11 bits per heavy atom. The number of aromatic nitrogens is 1. The predicted molar refractivity (Wildman–Crippen MR) is 116 cm³/mol. The third kappa shape index (κ3) is 5.81. The highest BCUT2D eigenvalue weighted by molar-refractivity contribution is 7.09. The van der Waals surface area contributed by atoms with Crippen LogP contribution in [0, 0.1) is 5.92 Å². The smallest absolute Gasteiger partial charge is 0.237 e. The molecule has 1 aromatic heterocycles. The van der Waals surface area contributed by atoms with Crippen LogP contribution in [0.3, 0.4) is 0 Å². The van der Waals surface area contributed by atoms with E-state index in [0.29, 0.717) is 18.5 Å². The number of halogens is 2. The van der Waals surface area contributed by atoms with E-state index in [1.165, 1.54) is 68.5 Å². The van der Waals surface area contributed by atoms with Crippen molar-refractivity contribution in [2.45, 2.75) is 88.6 Å². The maximum Gasteiger partial charge on any atom is 0.237 e. The second-order valence-electron chi connectivity index (χ2n) is 8.15. The molecule has 27 heavy (non-hydrogen) atoms. The number of hydrogen-bond donors (Lipinski definition) is 2. The Morgan fingerprint density at radius 2 is 1.85 bits per heavy atom. The van der Waals surface area contributed by atoms with Gasteiger partial charge < -0.3 is 10.6 Å². The lowest BCUT2D eigenvalue weighted by atomic mass is 9.85. The summed E-state index contributed by atoms with van der Waals surface area (Å²) in [5.74, 6) is 1.60. The van der Waals surface area contributed by atoms with Crippen LogP contribution in [-0.4, -0.2) is 29.5 Å². The van der Waals surface area contributed by atoms with E-state index in [-0.39, 0.29) is 36.8 Å². The first-order valence-electron chi connectivity index (χ1n) is 10.3. The van der Waals surface area contributed by atoms with Crippen LogP contribution >= 0.6 is 36.2 Å². The van der Waals surface area contributed by atoms with Crippen molar-refractivity contribution in [3.05, 3.63) is 16.1 Å². The second-order valence-corrected chi connectivity index (χ2v) is 9.09. The molecule has 2 aliphatic carbocycles. The van der Waals surface area contributed by atoms with E-state index in [1.54, 1.807) is 11.3 Å². The first-order chi connectivity index (χ1) is 12.3. The molecule has 0 bridgehead atoms. The summed E-state index contributed by atoms with van der Waals surface area (Å²) in [4.78, 5) is 17.3. The van der Waals surface area contributed by atoms with E-state index >= 15 is 0 Å². The maximum absolute atomic E-state index is 12.4. The fraction of sp³-hybridized carbons (Fsp3) is 0.800. The number of amides is 1. The average Bonchev–Trinajstić information content (AvgIpc) is 3.29. The van der Waals surface area contributed by atoms with Gasteiger partial charge in [0.05, 0.1) is 16.7 Å². The molecule has 1 aromatic rings. The molecule has 3 unspecified atom stereocenters. The average molecular weight is 434 g/mol. The minimum Gasteiger partial charge on any atom is -0.354 e. The first kappa shape index (κ1) is 22.9. The van der Waals surface area contributed by atoms with E-state index in [9.17, 15) is 4.79 Å². The zero-order valence-electron chi connectivity index (χ0n) is 16.0. The van der Waals surface area contributed by atoms with E-state index in [1.807, 2.05) is 0 Å². The van der Waals surface area contributed by atoms with Gasteiger partial charge >= 0.3 is 0 Å². The van der Waals surface area contributed by atoms with Gasteiger partial charge in [-0.1, -0.05) is 32.1 Å². The second kappa shape index (κ2) is 11.0. The molecular formula is C20H33Cl2N3OS. The molecule has 0 aromatic carbocycles. The van der Waals surface area contributed by atoms with Crippen LogP contribution in [0.25, 0.3) is 0 Å². The number of nitrogens with zero attached hydrogens (tertiary/aromatic N) is 1. The number of carbonyl (C=O) groups excluding carboxylic acids is 1. The molecule has 1 saturated heterocycles. The van der Waals surface area contributed by atoms with Crippen LogP contribution in [0.15, 0.2) is 5.38 Å². The third-order valence-corrected chi connectivity index (χ3v) is 7.34. The Hall–Kier alpha value is -0.360. The van der Waals surface area contributed by atoms with E-state index in [4.69, 9.17) is 4.98 Å². The Morgan fingerprint density at radius 3 is 2.63 bits per heavy atom. The van der Waals surface area contributed by atoms with Crippen molar-refractivity contribution in [2.24, 2.45) is 5.92 Å². The molecule has 154 valence electrons. The molecule has 4 rings (SSSR count). The monoisotopic (exact) mass is 433 g/mol. The third-order valence-electron chi connectivity index (χ3n) is 6.41. The zero-order valence-corrected chi connectivity index (χ0v) is 18.4. The number of thiazole rings is 1. The minimum atomic E-state index is 0. The van der Waals surface area contributed by atoms with Crippen LogP contribution in [0.4, 0.5) is 0 Å². The highest BCUT2D eigenvalue weighted by Gasteiger charge is 2.37. The van der Waals surface area contributed by atoms with Crippen molar-refractivity contribution in [1.82, 2.24) is 15.6 Å². The molecule has 4 nitrogen and oxygen atoms in total. The molecule has 0 spiro atoms. The first-order valence-corrected chi connectivity index (χ1v) is 11.2. The predicted octanol–water partition coefficient (Wildman–Crippen LogP) is 4.61. The molecule has 2 N–H and O–H groups in total. The molecule has 7 heteroatoms.